The molecule has 0 saturated heterocycles. The molecule has 0 spiro atoms. The monoisotopic (exact) mass is 272 g/mol. The number of pyridine rings is 1. The average Bonchev–Trinajstić information content (AvgIpc) is 2.41. The fraction of sp³-hybridized carbons (Fsp3) is 0.0667. The zero-order chi connectivity index (χ0) is 13.7. The molecule has 19 heavy (non-hydrogen) atoms. The molecule has 1 heterocycles. The Kier molecular flexibility index (Phi) is 4.31. The van der Waals surface area contributed by atoms with Crippen molar-refractivity contribution in [1.82, 2.24) is 4.98 Å². The van der Waals surface area contributed by atoms with Crippen molar-refractivity contribution < 1.29 is 4.79 Å². The van der Waals surface area contributed by atoms with Crippen molar-refractivity contribution in [3.05, 3.63) is 64.8 Å². The Labute approximate surface area is 116 Å². The van der Waals surface area contributed by atoms with Crippen molar-refractivity contribution >= 4 is 29.4 Å². The van der Waals surface area contributed by atoms with E-state index in [2.05, 4.69) is 10.3 Å². The van der Waals surface area contributed by atoms with Crippen LogP contribution in [0, 0.1) is 6.92 Å². The summed E-state index contributed by atoms with van der Waals surface area (Å²) in [4.78, 5) is 15.8. The van der Waals surface area contributed by atoms with Gasteiger partial charge >= 0.3 is 0 Å². The zero-order valence-corrected chi connectivity index (χ0v) is 11.2. The molecule has 0 radical (unpaired) electrons. The molecule has 0 unspecified atom stereocenters. The van der Waals surface area contributed by atoms with Crippen LogP contribution in [0.2, 0.25) is 5.02 Å². The predicted octanol–water partition coefficient (Wildman–Crippen LogP) is 3.70. The van der Waals surface area contributed by atoms with E-state index in [1.807, 2.05) is 31.2 Å². The van der Waals surface area contributed by atoms with Gasteiger partial charge < -0.3 is 5.32 Å². The van der Waals surface area contributed by atoms with Crippen molar-refractivity contribution in [2.45, 2.75) is 6.92 Å². The molecular weight excluding hydrogens is 260 g/mol. The van der Waals surface area contributed by atoms with Gasteiger partial charge in [-0.25, -0.2) is 4.98 Å². The molecule has 0 aliphatic heterocycles. The Bertz CT molecular complexity index is 606. The highest BCUT2D eigenvalue weighted by Gasteiger charge is 2.01. The minimum Gasteiger partial charge on any atom is -0.307 e. The Balaban J connectivity index is 2.02. The fourth-order valence-corrected chi connectivity index (χ4v) is 1.65. The van der Waals surface area contributed by atoms with Crippen molar-refractivity contribution in [3.8, 4) is 0 Å². The van der Waals surface area contributed by atoms with E-state index >= 15 is 0 Å². The summed E-state index contributed by atoms with van der Waals surface area (Å²) < 4.78 is 0. The van der Waals surface area contributed by atoms with E-state index in [1.54, 1.807) is 24.4 Å². The number of carbonyl (C=O) groups excluding carboxylic acids is 1. The SMILES string of the molecule is Cc1cccnc1NC(=O)/C=C/c1ccc(Cl)cc1. The minimum absolute atomic E-state index is 0.211. The summed E-state index contributed by atoms with van der Waals surface area (Å²) in [5, 5.41) is 3.40. The second kappa shape index (κ2) is 6.16. The van der Waals surface area contributed by atoms with Crippen molar-refractivity contribution in [3.63, 3.8) is 0 Å². The van der Waals surface area contributed by atoms with E-state index in [1.165, 1.54) is 6.08 Å². The zero-order valence-electron chi connectivity index (χ0n) is 10.4. The summed E-state index contributed by atoms with van der Waals surface area (Å²) >= 11 is 5.79. The summed E-state index contributed by atoms with van der Waals surface area (Å²) in [7, 11) is 0. The third-order valence-corrected chi connectivity index (χ3v) is 2.80. The Morgan fingerprint density at radius 2 is 2.00 bits per heavy atom. The minimum atomic E-state index is -0.211. The number of halogens is 1. The molecule has 4 heteroatoms. The highest BCUT2D eigenvalue weighted by Crippen LogP contribution is 2.11. The lowest BCUT2D eigenvalue weighted by molar-refractivity contribution is -0.111. The van der Waals surface area contributed by atoms with Gasteiger partial charge in [0.1, 0.15) is 5.82 Å². The maximum Gasteiger partial charge on any atom is 0.249 e. The van der Waals surface area contributed by atoms with Crippen molar-refractivity contribution in [1.29, 1.82) is 0 Å². The number of hydrogen-bond donors (Lipinski definition) is 1. The Hall–Kier alpha value is -2.13. The normalized spacial score (nSPS) is 10.6. The van der Waals surface area contributed by atoms with E-state index in [9.17, 15) is 4.79 Å². The van der Waals surface area contributed by atoms with Crippen LogP contribution in [0.25, 0.3) is 6.08 Å². The molecule has 0 fully saturated rings. The molecular formula is C15H13ClN2O. The molecule has 0 saturated carbocycles. The summed E-state index contributed by atoms with van der Waals surface area (Å²) in [5.74, 6) is 0.366. The largest absolute Gasteiger partial charge is 0.307 e. The molecule has 0 bridgehead atoms. The average molecular weight is 273 g/mol. The third kappa shape index (κ3) is 3.93. The number of carbonyl (C=O) groups is 1. The van der Waals surface area contributed by atoms with Gasteiger partial charge in [0.15, 0.2) is 0 Å². The van der Waals surface area contributed by atoms with Crippen LogP contribution in [-0.4, -0.2) is 10.9 Å². The standard InChI is InChI=1S/C15H13ClN2O/c1-11-3-2-10-17-15(11)18-14(19)9-6-12-4-7-13(16)8-5-12/h2-10H,1H3,(H,17,18,19)/b9-6+. The molecule has 1 aromatic heterocycles. The number of rotatable bonds is 3. The van der Waals surface area contributed by atoms with Crippen molar-refractivity contribution in [2.75, 3.05) is 5.32 Å². The van der Waals surface area contributed by atoms with E-state index in [0.717, 1.165) is 11.1 Å². The molecule has 0 aliphatic carbocycles. The van der Waals surface area contributed by atoms with Crippen LogP contribution in [-0.2, 0) is 4.79 Å². The van der Waals surface area contributed by atoms with Gasteiger partial charge in [-0.2, -0.15) is 0 Å². The highest BCUT2D eigenvalue weighted by atomic mass is 35.5. The van der Waals surface area contributed by atoms with Crippen LogP contribution in [0.15, 0.2) is 48.7 Å². The van der Waals surface area contributed by atoms with Gasteiger partial charge in [-0.15, -0.1) is 0 Å². The number of nitrogens with one attached hydrogen (secondary N) is 1. The molecule has 3 nitrogen and oxygen atoms in total. The first-order valence-corrected chi connectivity index (χ1v) is 6.19. The molecule has 0 atom stereocenters. The smallest absolute Gasteiger partial charge is 0.249 e. The quantitative estimate of drug-likeness (QED) is 0.866. The first-order valence-electron chi connectivity index (χ1n) is 5.81. The van der Waals surface area contributed by atoms with E-state index in [4.69, 9.17) is 11.6 Å². The van der Waals surface area contributed by atoms with Crippen LogP contribution in [0.3, 0.4) is 0 Å². The van der Waals surface area contributed by atoms with Gasteiger partial charge in [0.05, 0.1) is 0 Å². The van der Waals surface area contributed by atoms with Crippen LogP contribution in [0.1, 0.15) is 11.1 Å². The maximum atomic E-state index is 11.7. The van der Waals surface area contributed by atoms with Crippen LogP contribution >= 0.6 is 11.6 Å². The highest BCUT2D eigenvalue weighted by molar-refractivity contribution is 6.30. The second-order valence-corrected chi connectivity index (χ2v) is 4.48. The lowest BCUT2D eigenvalue weighted by atomic mass is 10.2. The number of nitrogens with zero attached hydrogens (tertiary/aromatic N) is 1. The molecule has 2 rings (SSSR count). The first-order chi connectivity index (χ1) is 9.15. The van der Waals surface area contributed by atoms with E-state index in [0.29, 0.717) is 10.8 Å². The third-order valence-electron chi connectivity index (χ3n) is 2.55. The van der Waals surface area contributed by atoms with Gasteiger partial charge in [0.25, 0.3) is 0 Å². The first kappa shape index (κ1) is 13.3. The summed E-state index contributed by atoms with van der Waals surface area (Å²) in [5.41, 5.74) is 1.84. The van der Waals surface area contributed by atoms with Crippen LogP contribution in [0.5, 0.6) is 0 Å². The molecule has 2 aromatic rings. The predicted molar refractivity (Wildman–Crippen MR) is 78.1 cm³/mol. The number of hydrogen-bond acceptors (Lipinski definition) is 2. The van der Waals surface area contributed by atoms with Gasteiger partial charge in [0, 0.05) is 17.3 Å². The summed E-state index contributed by atoms with van der Waals surface area (Å²) in [6, 6.07) is 11.0. The van der Waals surface area contributed by atoms with E-state index < -0.39 is 0 Å². The van der Waals surface area contributed by atoms with E-state index in [-0.39, 0.29) is 5.91 Å². The number of benzene rings is 1. The topological polar surface area (TPSA) is 42.0 Å². The van der Waals surface area contributed by atoms with Gasteiger partial charge in [-0.1, -0.05) is 29.8 Å². The molecule has 96 valence electrons. The fourth-order valence-electron chi connectivity index (χ4n) is 1.52. The number of anilines is 1. The summed E-state index contributed by atoms with van der Waals surface area (Å²) in [6.45, 7) is 1.89. The van der Waals surface area contributed by atoms with Crippen LogP contribution < -0.4 is 5.32 Å². The molecule has 1 N–H and O–H groups in total. The lowest BCUT2D eigenvalue weighted by Gasteiger charge is -2.03. The van der Waals surface area contributed by atoms with Gasteiger partial charge in [-0.3, -0.25) is 4.79 Å². The van der Waals surface area contributed by atoms with Crippen LogP contribution in [0.4, 0.5) is 5.82 Å². The molecule has 1 aromatic carbocycles. The number of aromatic nitrogens is 1. The number of amides is 1. The second-order valence-electron chi connectivity index (χ2n) is 4.04. The molecule has 0 aliphatic rings. The van der Waals surface area contributed by atoms with Crippen molar-refractivity contribution in [2.24, 2.45) is 0 Å². The van der Waals surface area contributed by atoms with Gasteiger partial charge in [-0.05, 0) is 42.3 Å². The maximum absolute atomic E-state index is 11.7. The molecule has 1 amide bonds. The Morgan fingerprint density at radius 3 is 2.68 bits per heavy atom. The Morgan fingerprint density at radius 1 is 1.26 bits per heavy atom. The van der Waals surface area contributed by atoms with Gasteiger partial charge in [0.2, 0.25) is 5.91 Å². The lowest BCUT2D eigenvalue weighted by Crippen LogP contribution is -2.10. The number of aryl methyl sites for hydroxylation is 1. The summed E-state index contributed by atoms with van der Waals surface area (Å²) in [6.07, 6.45) is 4.84.